The molecule has 7 rings (SSSR count). The number of fused-ring (bicyclic) bond motifs is 3. The normalized spacial score (nSPS) is 27.4. The van der Waals surface area contributed by atoms with Gasteiger partial charge in [-0.25, -0.2) is 0 Å². The highest BCUT2D eigenvalue weighted by atomic mass is 33.1. The van der Waals surface area contributed by atoms with Gasteiger partial charge >= 0.3 is 17.8 Å². The Labute approximate surface area is 533 Å². The summed E-state index contributed by atoms with van der Waals surface area (Å²) in [7, 11) is 2.44. The summed E-state index contributed by atoms with van der Waals surface area (Å²) in [5.41, 5.74) is 3.22. The summed E-state index contributed by atoms with van der Waals surface area (Å²) < 4.78 is 44.1. The highest BCUT2D eigenvalue weighted by Crippen LogP contribution is 2.31. The number of hydrogen-bond donors (Lipinski definition) is 13. The molecule has 0 unspecified atom stereocenters. The Hall–Kier alpha value is -5.65. The molecule has 15 atom stereocenters. The third kappa shape index (κ3) is 22.2. The number of nitrogens with zero attached hydrogens (tertiary/aromatic N) is 2. The van der Waals surface area contributed by atoms with Crippen molar-refractivity contribution in [3.05, 3.63) is 65.2 Å². The highest BCUT2D eigenvalue weighted by Gasteiger charge is 2.56. The van der Waals surface area contributed by atoms with Crippen LogP contribution in [-0.2, 0) is 78.0 Å². The molecular weight excluding hydrogens is 1240 g/mol. The molecule has 5 heterocycles. The molecule has 2 aromatic rings. The fourth-order valence-corrected chi connectivity index (χ4v) is 11.7. The van der Waals surface area contributed by atoms with Crippen LogP contribution in [0.1, 0.15) is 69.1 Å². The van der Waals surface area contributed by atoms with Crippen molar-refractivity contribution in [3.8, 4) is 11.8 Å². The molecule has 0 radical (unpaired) electrons. The van der Waals surface area contributed by atoms with Crippen LogP contribution >= 0.6 is 21.6 Å². The number of piperidine rings is 1. The lowest BCUT2D eigenvalue weighted by molar-refractivity contribution is -0.349. The number of benzene rings is 2. The molecule has 4 fully saturated rings. The van der Waals surface area contributed by atoms with Crippen molar-refractivity contribution < 1.29 is 117 Å². The van der Waals surface area contributed by atoms with Crippen molar-refractivity contribution in [2.75, 3.05) is 95.5 Å². The summed E-state index contributed by atoms with van der Waals surface area (Å²) in [6.45, 7) is 5.21. The van der Waals surface area contributed by atoms with Crippen molar-refractivity contribution in [3.63, 3.8) is 0 Å². The lowest BCUT2D eigenvalue weighted by Gasteiger charge is -2.45. The molecule has 4 saturated heterocycles. The summed E-state index contributed by atoms with van der Waals surface area (Å²) >= 11 is 0. The third-order valence-electron chi connectivity index (χ3n) is 14.6. The number of aliphatic hydroxyl groups excluding tert-OH is 9. The van der Waals surface area contributed by atoms with Gasteiger partial charge in [0.15, 0.2) is 12.6 Å². The Morgan fingerprint density at radius 1 is 0.604 bits per heavy atom. The maximum atomic E-state index is 13.4. The van der Waals surface area contributed by atoms with E-state index in [0.29, 0.717) is 12.2 Å². The topological polar surface area (TPSA) is 430 Å². The van der Waals surface area contributed by atoms with E-state index in [4.69, 9.17) is 37.9 Å². The Kier molecular flexibility index (Phi) is 31.5. The van der Waals surface area contributed by atoms with E-state index >= 15 is 0 Å². The van der Waals surface area contributed by atoms with Crippen LogP contribution in [0.3, 0.4) is 0 Å². The number of aliphatic hydroxyl groups is 9. The largest absolute Gasteiger partial charge is 0.463 e. The maximum Gasteiger partial charge on any atom is 0.314 e. The fraction of sp³-hybridized carbons (Fsp3) is 0.644. The molecule has 0 spiro atoms. The molecule has 6 amide bonds. The fourth-order valence-electron chi connectivity index (χ4n) is 9.75. The second kappa shape index (κ2) is 38.5. The van der Waals surface area contributed by atoms with Crippen LogP contribution in [0.2, 0.25) is 0 Å². The summed E-state index contributed by atoms with van der Waals surface area (Å²) in [5, 5.41) is 105. The van der Waals surface area contributed by atoms with Gasteiger partial charge in [-0.15, -0.1) is 0 Å². The molecule has 5 aliphatic heterocycles. The summed E-state index contributed by atoms with van der Waals surface area (Å²) in [6.07, 6.45) is -22.8. The predicted molar refractivity (Wildman–Crippen MR) is 322 cm³/mol. The van der Waals surface area contributed by atoms with Gasteiger partial charge in [0.05, 0.1) is 77.5 Å². The average molecular weight is 1330 g/mol. The molecule has 5 aliphatic rings. The van der Waals surface area contributed by atoms with Crippen LogP contribution in [0.5, 0.6) is 0 Å². The van der Waals surface area contributed by atoms with Crippen molar-refractivity contribution in [1.29, 1.82) is 0 Å². The molecule has 506 valence electrons. The zero-order valence-corrected chi connectivity index (χ0v) is 52.1. The molecule has 91 heavy (non-hydrogen) atoms. The van der Waals surface area contributed by atoms with Crippen LogP contribution in [0.4, 0.5) is 5.69 Å². The number of rotatable bonds is 33. The van der Waals surface area contributed by atoms with E-state index < -0.39 is 135 Å². The van der Waals surface area contributed by atoms with E-state index in [2.05, 4.69) is 47.0 Å². The molecule has 0 saturated carbocycles. The van der Waals surface area contributed by atoms with Crippen LogP contribution in [0.25, 0.3) is 0 Å². The first-order valence-electron chi connectivity index (χ1n) is 30.0. The predicted octanol–water partition coefficient (Wildman–Crippen LogP) is -3.98. The zero-order valence-electron chi connectivity index (χ0n) is 50.5. The van der Waals surface area contributed by atoms with Crippen LogP contribution in [0, 0.1) is 11.8 Å². The van der Waals surface area contributed by atoms with Crippen LogP contribution in [0.15, 0.2) is 48.5 Å². The number of esters is 1. The number of carbonyl (C=O) groups is 7. The number of nitrogens with one attached hydrogen (secondary N) is 4. The molecule has 0 aliphatic carbocycles. The van der Waals surface area contributed by atoms with Gasteiger partial charge in [0.2, 0.25) is 23.6 Å². The van der Waals surface area contributed by atoms with E-state index in [1.807, 2.05) is 48.5 Å². The number of hydrogen-bond acceptors (Lipinski definition) is 26. The van der Waals surface area contributed by atoms with Gasteiger partial charge in [-0.1, -0.05) is 84.0 Å². The van der Waals surface area contributed by atoms with Gasteiger partial charge < -0.3 is 115 Å². The average Bonchev–Trinajstić information content (AvgIpc) is 1.74. The van der Waals surface area contributed by atoms with Crippen LogP contribution < -0.4 is 26.2 Å². The first kappa shape index (κ1) is 74.4. The number of carbonyl (C=O) groups excluding carboxylic acids is 7. The minimum atomic E-state index is -1.93. The number of para-hydroxylation sites is 1. The monoisotopic (exact) mass is 1320 g/mol. The SMILES string of the molecule is CCC.O=C(CCC(=O)N1Cc2ccccc2C#Cc2ccccc21)NCCOCCOCCOCCOCCC(=O)NC[C@H]1O[C@@H](O[C@H]2[C@H](O)[C@@H](O)[C@H](O)O[C@@H]2CNC(=O)CCSSCCC(=O)OC[C@@H]2[C@@H](O)[C@H](O)[C@H](O)[C@H]3NC(=O)C(=O)N23)[C@H](O)[C@@H](O)[C@@H]1O. The van der Waals surface area contributed by atoms with Crippen molar-refractivity contribution in [2.45, 2.75) is 151 Å². The smallest absolute Gasteiger partial charge is 0.314 e. The van der Waals surface area contributed by atoms with Crippen LogP contribution in [-0.4, -0.2) is 275 Å². The molecule has 32 heteroatoms. The quantitative estimate of drug-likeness (QED) is 0.0107. The lowest BCUT2D eigenvalue weighted by atomic mass is 9.92. The van der Waals surface area contributed by atoms with Gasteiger partial charge in [0.1, 0.15) is 79.9 Å². The standard InChI is InChI=1S/C56H76N6O24S2.C3H8/c63-38(11-12-41(66)61-29-33-7-2-1-5-31(33)9-10-32-6-3-4-8-34(32)61)57-16-18-80-20-22-82-24-23-81-21-19-79-17-13-39(64)58-27-36-44(69)46(71)50(75)56(85-36)86-51-37(84-55(78)49(74)47(51)72)28-59-40(65)14-25-87-88-26-15-42(67)83-30-35-43(68)45(70)48(73)52-60-53(76)54(77)62(35)52;1-3-2/h1-8,35-37,43-52,55-56,68-75,78H,11-30H2,(H,57,63)(H,58,64)(H,59,65)(H,60,76);3H2,1-2H3/t35-,36-,37-,43-,44-,45+,46+,47-,48+,49-,50-,51-,52+,55-,56+;/m1./s1. The first-order chi connectivity index (χ1) is 43.7. The molecule has 0 bridgehead atoms. The second-order valence-electron chi connectivity index (χ2n) is 21.4. The van der Waals surface area contributed by atoms with E-state index in [1.54, 1.807) is 4.90 Å². The van der Waals surface area contributed by atoms with Gasteiger partial charge in [-0.05, 0) is 23.8 Å². The molecule has 30 nitrogen and oxygen atoms in total. The van der Waals surface area contributed by atoms with E-state index in [-0.39, 0.29) is 121 Å². The summed E-state index contributed by atoms with van der Waals surface area (Å²) in [6, 6.07) is 13.8. The Balaban J connectivity index is 0.00000430. The van der Waals surface area contributed by atoms with Crippen molar-refractivity contribution in [1.82, 2.24) is 26.2 Å². The van der Waals surface area contributed by atoms with Crippen molar-refractivity contribution in [2.24, 2.45) is 0 Å². The Morgan fingerprint density at radius 2 is 1.18 bits per heavy atom. The minimum Gasteiger partial charge on any atom is -0.463 e. The number of anilines is 1. The van der Waals surface area contributed by atoms with E-state index in [0.717, 1.165) is 21.6 Å². The van der Waals surface area contributed by atoms with Gasteiger partial charge in [-0.3, -0.25) is 33.6 Å². The van der Waals surface area contributed by atoms with Crippen molar-refractivity contribution >= 4 is 68.7 Å². The Bertz CT molecular complexity index is 2750. The Morgan fingerprint density at radius 3 is 1.87 bits per heavy atom. The molecule has 2 aromatic carbocycles. The van der Waals surface area contributed by atoms with Gasteiger partial charge in [0.25, 0.3) is 0 Å². The maximum absolute atomic E-state index is 13.4. The molecule has 13 N–H and O–H groups in total. The summed E-state index contributed by atoms with van der Waals surface area (Å²) in [5.74, 6) is 2.46. The lowest BCUT2D eigenvalue weighted by Crippen LogP contribution is -2.68. The molecule has 0 aromatic heterocycles. The zero-order chi connectivity index (χ0) is 66.0. The number of ether oxygens (including phenoxy) is 8. The summed E-state index contributed by atoms with van der Waals surface area (Å²) in [4.78, 5) is 90.5. The van der Waals surface area contributed by atoms with Gasteiger partial charge in [0, 0.05) is 68.0 Å². The van der Waals surface area contributed by atoms with E-state index in [1.165, 1.54) is 28.0 Å². The third-order valence-corrected chi connectivity index (χ3v) is 17.0. The first-order valence-corrected chi connectivity index (χ1v) is 32.5. The number of amides is 6. The van der Waals surface area contributed by atoms with Gasteiger partial charge in [-0.2, -0.15) is 0 Å². The molecular formula is C59H84N6O24S2. The highest BCUT2D eigenvalue weighted by molar-refractivity contribution is 8.76. The second-order valence-corrected chi connectivity index (χ2v) is 24.1. The minimum absolute atomic E-state index is 0.00342. The van der Waals surface area contributed by atoms with E-state index in [9.17, 15) is 79.5 Å².